The zero-order valence-corrected chi connectivity index (χ0v) is 11.2. The number of hydrogen-bond donors (Lipinski definition) is 2. The highest BCUT2D eigenvalue weighted by Crippen LogP contribution is 2.12. The Labute approximate surface area is 109 Å². The maximum absolute atomic E-state index is 11.6. The van der Waals surface area contributed by atoms with Crippen molar-refractivity contribution in [3.8, 4) is 0 Å². The van der Waals surface area contributed by atoms with Crippen molar-refractivity contribution in [2.24, 2.45) is 0 Å². The van der Waals surface area contributed by atoms with E-state index in [0.29, 0.717) is 18.1 Å². The maximum Gasteiger partial charge on any atom is 0.313 e. The average Bonchev–Trinajstić information content (AvgIpc) is 2.60. The van der Waals surface area contributed by atoms with Crippen molar-refractivity contribution in [3.05, 3.63) is 17.0 Å². The van der Waals surface area contributed by atoms with Gasteiger partial charge in [0.25, 0.3) is 0 Å². The van der Waals surface area contributed by atoms with E-state index in [0.717, 1.165) is 11.3 Å². The van der Waals surface area contributed by atoms with Crippen LogP contribution < -0.4 is 5.32 Å². The van der Waals surface area contributed by atoms with Crippen LogP contribution in [0.15, 0.2) is 4.52 Å². The van der Waals surface area contributed by atoms with Crippen molar-refractivity contribution < 1.29 is 19.2 Å². The number of carboxylic acid groups (broad SMARTS) is 1. The number of carbonyl (C=O) groups excluding carboxylic acids is 1. The number of aromatic nitrogens is 1. The number of rotatable bonds is 7. The first-order valence-corrected chi connectivity index (χ1v) is 6.64. The molecule has 0 unspecified atom stereocenters. The van der Waals surface area contributed by atoms with Crippen LogP contribution >= 0.6 is 11.8 Å². The molecule has 2 N–H and O–H groups in total. The van der Waals surface area contributed by atoms with E-state index in [1.54, 1.807) is 13.8 Å². The number of nitrogens with one attached hydrogen (secondary N) is 1. The first-order valence-electron chi connectivity index (χ1n) is 5.48. The lowest BCUT2D eigenvalue weighted by molar-refractivity contribution is -0.133. The molecule has 0 aliphatic carbocycles. The Kier molecular flexibility index (Phi) is 5.70. The Hall–Kier alpha value is -1.50. The lowest BCUT2D eigenvalue weighted by Gasteiger charge is -2.04. The normalized spacial score (nSPS) is 10.3. The molecule has 0 aliphatic rings. The Morgan fingerprint density at radius 2 is 2.17 bits per heavy atom. The molecule has 1 rings (SSSR count). The molecule has 0 spiro atoms. The van der Waals surface area contributed by atoms with Gasteiger partial charge in [-0.2, -0.15) is 0 Å². The summed E-state index contributed by atoms with van der Waals surface area (Å²) in [4.78, 5) is 21.9. The number of carbonyl (C=O) groups is 2. The minimum absolute atomic E-state index is 0.0553. The largest absolute Gasteiger partial charge is 0.481 e. The number of nitrogens with zero attached hydrogens (tertiary/aromatic N) is 1. The number of hydrogen-bond acceptors (Lipinski definition) is 5. The van der Waals surface area contributed by atoms with E-state index in [2.05, 4.69) is 10.5 Å². The molecule has 0 saturated heterocycles. The van der Waals surface area contributed by atoms with Crippen LogP contribution in [0.25, 0.3) is 0 Å². The van der Waals surface area contributed by atoms with E-state index < -0.39 is 5.97 Å². The Morgan fingerprint density at radius 3 is 2.72 bits per heavy atom. The third-order valence-electron chi connectivity index (χ3n) is 2.31. The Morgan fingerprint density at radius 1 is 1.44 bits per heavy atom. The summed E-state index contributed by atoms with van der Waals surface area (Å²) in [7, 11) is 0. The van der Waals surface area contributed by atoms with Crippen molar-refractivity contribution in [3.63, 3.8) is 0 Å². The zero-order chi connectivity index (χ0) is 13.5. The topological polar surface area (TPSA) is 92.4 Å². The van der Waals surface area contributed by atoms with Crippen LogP contribution in [-0.2, 0) is 16.0 Å². The van der Waals surface area contributed by atoms with Crippen molar-refractivity contribution in [1.82, 2.24) is 10.5 Å². The van der Waals surface area contributed by atoms with E-state index in [1.165, 1.54) is 11.8 Å². The third kappa shape index (κ3) is 4.79. The van der Waals surface area contributed by atoms with E-state index in [4.69, 9.17) is 9.63 Å². The molecule has 0 aliphatic heterocycles. The summed E-state index contributed by atoms with van der Waals surface area (Å²) >= 11 is 1.27. The summed E-state index contributed by atoms with van der Waals surface area (Å²) in [6, 6.07) is 0. The highest BCUT2D eigenvalue weighted by atomic mass is 32.2. The van der Waals surface area contributed by atoms with Gasteiger partial charge in [-0.3, -0.25) is 9.59 Å². The highest BCUT2D eigenvalue weighted by molar-refractivity contribution is 7.99. The lowest BCUT2D eigenvalue weighted by Crippen LogP contribution is -2.27. The Balaban J connectivity index is 2.24. The minimum Gasteiger partial charge on any atom is -0.481 e. The molecule has 7 heteroatoms. The zero-order valence-electron chi connectivity index (χ0n) is 10.4. The van der Waals surface area contributed by atoms with Gasteiger partial charge in [0.1, 0.15) is 5.76 Å². The number of carboxylic acids is 1. The highest BCUT2D eigenvalue weighted by Gasteiger charge is 2.12. The second-order valence-corrected chi connectivity index (χ2v) is 4.88. The third-order valence-corrected chi connectivity index (χ3v) is 3.26. The molecular formula is C11H16N2O4S. The summed E-state index contributed by atoms with van der Waals surface area (Å²) < 4.78 is 4.97. The molecule has 6 nitrogen and oxygen atoms in total. The molecule has 1 heterocycles. The van der Waals surface area contributed by atoms with Gasteiger partial charge in [0.15, 0.2) is 0 Å². The fourth-order valence-corrected chi connectivity index (χ4v) is 1.96. The molecule has 0 aromatic carbocycles. The smallest absolute Gasteiger partial charge is 0.313 e. The first-order chi connectivity index (χ1) is 8.50. The molecule has 1 aromatic rings. The molecule has 0 fully saturated rings. The van der Waals surface area contributed by atoms with Gasteiger partial charge in [0.05, 0.1) is 17.9 Å². The SMILES string of the molecule is Cc1noc(C)c1CC(=O)NCCSCC(=O)O. The predicted molar refractivity (Wildman–Crippen MR) is 67.7 cm³/mol. The van der Waals surface area contributed by atoms with Gasteiger partial charge in [0, 0.05) is 17.9 Å². The summed E-state index contributed by atoms with van der Waals surface area (Å²) in [5, 5.41) is 14.9. The molecule has 0 radical (unpaired) electrons. The molecule has 0 saturated carbocycles. The van der Waals surface area contributed by atoms with Crippen LogP contribution in [-0.4, -0.2) is 40.2 Å². The number of thioether (sulfide) groups is 1. The summed E-state index contributed by atoms with van der Waals surface area (Å²) in [5.74, 6) is 0.338. The van der Waals surface area contributed by atoms with Crippen LogP contribution in [0, 0.1) is 13.8 Å². The quantitative estimate of drug-likeness (QED) is 0.712. The van der Waals surface area contributed by atoms with Gasteiger partial charge in [-0.05, 0) is 13.8 Å². The number of aryl methyl sites for hydroxylation is 2. The summed E-state index contributed by atoms with van der Waals surface area (Å²) in [6.45, 7) is 4.02. The van der Waals surface area contributed by atoms with Crippen LogP contribution in [0.4, 0.5) is 0 Å². The van der Waals surface area contributed by atoms with E-state index >= 15 is 0 Å². The Bertz CT molecular complexity index is 411. The molecule has 1 aromatic heterocycles. The average molecular weight is 272 g/mol. The van der Waals surface area contributed by atoms with Crippen LogP contribution in [0.3, 0.4) is 0 Å². The second kappa shape index (κ2) is 7.05. The predicted octanol–water partition coefficient (Wildman–Crippen LogP) is 0.768. The van der Waals surface area contributed by atoms with Gasteiger partial charge in [-0.1, -0.05) is 5.16 Å². The molecule has 0 atom stereocenters. The summed E-state index contributed by atoms with van der Waals surface area (Å²) in [6.07, 6.45) is 0.241. The van der Waals surface area contributed by atoms with Crippen LogP contribution in [0.5, 0.6) is 0 Å². The van der Waals surface area contributed by atoms with Gasteiger partial charge < -0.3 is 14.9 Å². The summed E-state index contributed by atoms with van der Waals surface area (Å²) in [5.41, 5.74) is 1.54. The van der Waals surface area contributed by atoms with E-state index in [-0.39, 0.29) is 18.1 Å². The number of amides is 1. The molecule has 18 heavy (non-hydrogen) atoms. The van der Waals surface area contributed by atoms with Gasteiger partial charge in [-0.25, -0.2) is 0 Å². The van der Waals surface area contributed by atoms with Crippen molar-refractivity contribution in [2.75, 3.05) is 18.1 Å². The monoisotopic (exact) mass is 272 g/mol. The standard InChI is InChI=1S/C11H16N2O4S/c1-7-9(8(2)17-13-7)5-10(14)12-3-4-18-6-11(15)16/h3-6H2,1-2H3,(H,12,14)(H,15,16). The van der Waals surface area contributed by atoms with Crippen LogP contribution in [0.2, 0.25) is 0 Å². The fraction of sp³-hybridized carbons (Fsp3) is 0.545. The molecule has 0 bridgehead atoms. The van der Waals surface area contributed by atoms with Crippen molar-refractivity contribution >= 4 is 23.6 Å². The first kappa shape index (κ1) is 14.6. The number of aliphatic carboxylic acids is 1. The van der Waals surface area contributed by atoms with Gasteiger partial charge in [0.2, 0.25) is 5.91 Å². The lowest BCUT2D eigenvalue weighted by atomic mass is 10.1. The van der Waals surface area contributed by atoms with Gasteiger partial charge >= 0.3 is 5.97 Å². The van der Waals surface area contributed by atoms with E-state index in [1.807, 2.05) is 0 Å². The van der Waals surface area contributed by atoms with Gasteiger partial charge in [-0.15, -0.1) is 11.8 Å². The van der Waals surface area contributed by atoms with E-state index in [9.17, 15) is 9.59 Å². The minimum atomic E-state index is -0.845. The van der Waals surface area contributed by atoms with Crippen LogP contribution in [0.1, 0.15) is 17.0 Å². The molecular weight excluding hydrogens is 256 g/mol. The van der Waals surface area contributed by atoms with Crippen molar-refractivity contribution in [1.29, 1.82) is 0 Å². The van der Waals surface area contributed by atoms with Crippen molar-refractivity contribution in [2.45, 2.75) is 20.3 Å². The maximum atomic E-state index is 11.6. The second-order valence-electron chi connectivity index (χ2n) is 3.78. The fourth-order valence-electron chi connectivity index (χ4n) is 1.40. The molecule has 1 amide bonds. The molecule has 100 valence electrons.